The number of carbonyl (C=O) groups is 2. The van der Waals surface area contributed by atoms with Crippen molar-refractivity contribution in [2.75, 3.05) is 27.2 Å². The molecule has 0 aliphatic carbocycles. The van der Waals surface area contributed by atoms with Gasteiger partial charge in [0.25, 0.3) is 5.91 Å². The summed E-state index contributed by atoms with van der Waals surface area (Å²) in [6.45, 7) is 2.45. The summed E-state index contributed by atoms with van der Waals surface area (Å²) in [5.74, 6) is 0.246. The number of hydrogen-bond donors (Lipinski definition) is 0. The highest BCUT2D eigenvalue weighted by Gasteiger charge is 2.31. The normalized spacial score (nSPS) is 21.4. The largest absolute Gasteiger partial charge is 0.343 e. The average Bonchev–Trinajstić information content (AvgIpc) is 2.97. The molecule has 0 bridgehead atoms. The lowest BCUT2D eigenvalue weighted by atomic mass is 9.94. The predicted molar refractivity (Wildman–Crippen MR) is 82.5 cm³/mol. The zero-order valence-electron chi connectivity index (χ0n) is 13.4. The van der Waals surface area contributed by atoms with Gasteiger partial charge in [-0.15, -0.1) is 0 Å². The van der Waals surface area contributed by atoms with E-state index in [0.29, 0.717) is 12.2 Å². The van der Waals surface area contributed by atoms with Crippen LogP contribution in [0.5, 0.6) is 0 Å². The third-order valence-corrected chi connectivity index (χ3v) is 4.72. The first kappa shape index (κ1) is 15.1. The first-order chi connectivity index (χ1) is 10.6. The summed E-state index contributed by atoms with van der Waals surface area (Å²) in [7, 11) is 3.47. The van der Waals surface area contributed by atoms with Gasteiger partial charge in [0.05, 0.1) is 17.9 Å². The van der Waals surface area contributed by atoms with Crippen molar-refractivity contribution in [1.82, 2.24) is 19.4 Å². The standard InChI is InChI=1S/C16H24N4O2/c1-18(2)16(22)14-13-7-6-12(10-20(13)11-17-14)15(21)19-8-4-3-5-9-19/h11-12H,3-10H2,1-2H3. The molecule has 1 aromatic heterocycles. The van der Waals surface area contributed by atoms with E-state index < -0.39 is 0 Å². The molecule has 0 spiro atoms. The molecule has 1 aromatic rings. The van der Waals surface area contributed by atoms with Crippen LogP contribution < -0.4 is 0 Å². The molecule has 6 nitrogen and oxygen atoms in total. The Hall–Kier alpha value is -1.85. The molecular formula is C16H24N4O2. The fourth-order valence-corrected chi connectivity index (χ4v) is 3.43. The lowest BCUT2D eigenvalue weighted by molar-refractivity contribution is -0.137. The fraction of sp³-hybridized carbons (Fsp3) is 0.688. The van der Waals surface area contributed by atoms with Crippen molar-refractivity contribution in [2.24, 2.45) is 5.92 Å². The molecule has 3 heterocycles. The molecule has 3 rings (SSSR count). The van der Waals surface area contributed by atoms with Crippen LogP contribution in [0.25, 0.3) is 0 Å². The molecule has 0 N–H and O–H groups in total. The summed E-state index contributed by atoms with van der Waals surface area (Å²) in [5, 5.41) is 0. The van der Waals surface area contributed by atoms with Crippen LogP contribution in [-0.4, -0.2) is 58.4 Å². The van der Waals surface area contributed by atoms with Crippen LogP contribution in [-0.2, 0) is 17.8 Å². The molecule has 0 saturated carbocycles. The van der Waals surface area contributed by atoms with E-state index in [1.165, 1.54) is 6.42 Å². The Labute approximate surface area is 131 Å². The zero-order valence-corrected chi connectivity index (χ0v) is 13.4. The van der Waals surface area contributed by atoms with Gasteiger partial charge in [0.1, 0.15) is 5.69 Å². The second-order valence-electron chi connectivity index (χ2n) is 6.51. The second-order valence-corrected chi connectivity index (χ2v) is 6.51. The van der Waals surface area contributed by atoms with E-state index in [1.54, 1.807) is 25.3 Å². The lowest BCUT2D eigenvalue weighted by Gasteiger charge is -2.32. The first-order valence-electron chi connectivity index (χ1n) is 8.12. The Morgan fingerprint density at radius 2 is 1.95 bits per heavy atom. The second kappa shape index (κ2) is 6.10. The average molecular weight is 304 g/mol. The number of imidazole rings is 1. The molecular weight excluding hydrogens is 280 g/mol. The summed E-state index contributed by atoms with van der Waals surface area (Å²) in [6.07, 6.45) is 6.75. The van der Waals surface area contributed by atoms with Crippen LogP contribution in [0, 0.1) is 5.92 Å². The summed E-state index contributed by atoms with van der Waals surface area (Å²) >= 11 is 0. The summed E-state index contributed by atoms with van der Waals surface area (Å²) in [4.78, 5) is 32.6. The summed E-state index contributed by atoms with van der Waals surface area (Å²) < 4.78 is 1.99. The van der Waals surface area contributed by atoms with Crippen LogP contribution in [0.4, 0.5) is 0 Å². The van der Waals surface area contributed by atoms with Gasteiger partial charge in [0.15, 0.2) is 0 Å². The van der Waals surface area contributed by atoms with E-state index >= 15 is 0 Å². The monoisotopic (exact) mass is 304 g/mol. The Balaban J connectivity index is 1.72. The minimum Gasteiger partial charge on any atom is -0.343 e. The first-order valence-corrected chi connectivity index (χ1v) is 8.12. The molecule has 1 saturated heterocycles. The van der Waals surface area contributed by atoms with E-state index in [2.05, 4.69) is 4.98 Å². The maximum atomic E-state index is 12.6. The molecule has 1 atom stereocenters. The van der Waals surface area contributed by atoms with Crippen molar-refractivity contribution in [3.8, 4) is 0 Å². The molecule has 2 amide bonds. The molecule has 2 aliphatic heterocycles. The lowest BCUT2D eigenvalue weighted by Crippen LogP contribution is -2.42. The van der Waals surface area contributed by atoms with Gasteiger partial charge in [-0.1, -0.05) is 0 Å². The van der Waals surface area contributed by atoms with Gasteiger partial charge in [-0.05, 0) is 32.1 Å². The number of carbonyl (C=O) groups excluding carboxylic acids is 2. The predicted octanol–water partition coefficient (Wildman–Crippen LogP) is 1.16. The maximum absolute atomic E-state index is 12.6. The van der Waals surface area contributed by atoms with Crippen molar-refractivity contribution in [3.63, 3.8) is 0 Å². The van der Waals surface area contributed by atoms with E-state index in [4.69, 9.17) is 0 Å². The number of aromatic nitrogens is 2. The van der Waals surface area contributed by atoms with Crippen molar-refractivity contribution in [1.29, 1.82) is 0 Å². The molecule has 120 valence electrons. The molecule has 0 radical (unpaired) electrons. The smallest absolute Gasteiger partial charge is 0.273 e. The van der Waals surface area contributed by atoms with Crippen LogP contribution >= 0.6 is 0 Å². The van der Waals surface area contributed by atoms with E-state index in [0.717, 1.165) is 44.5 Å². The van der Waals surface area contributed by atoms with Crippen LogP contribution in [0.15, 0.2) is 6.33 Å². The van der Waals surface area contributed by atoms with Crippen LogP contribution in [0.3, 0.4) is 0 Å². The van der Waals surface area contributed by atoms with Crippen LogP contribution in [0.2, 0.25) is 0 Å². The number of amides is 2. The minimum atomic E-state index is -0.0606. The zero-order chi connectivity index (χ0) is 15.7. The number of fused-ring (bicyclic) bond motifs is 1. The fourth-order valence-electron chi connectivity index (χ4n) is 3.43. The van der Waals surface area contributed by atoms with Gasteiger partial charge in [0.2, 0.25) is 5.91 Å². The van der Waals surface area contributed by atoms with E-state index in [-0.39, 0.29) is 17.7 Å². The quantitative estimate of drug-likeness (QED) is 0.824. The number of rotatable bonds is 2. The molecule has 6 heteroatoms. The molecule has 2 aliphatic rings. The Bertz CT molecular complexity index is 573. The maximum Gasteiger partial charge on any atom is 0.273 e. The highest BCUT2D eigenvalue weighted by molar-refractivity contribution is 5.93. The number of hydrogen-bond acceptors (Lipinski definition) is 3. The van der Waals surface area contributed by atoms with Gasteiger partial charge < -0.3 is 14.4 Å². The number of piperidine rings is 1. The molecule has 0 aromatic carbocycles. The van der Waals surface area contributed by atoms with Crippen molar-refractivity contribution >= 4 is 11.8 Å². The summed E-state index contributed by atoms with van der Waals surface area (Å²) in [6, 6.07) is 0. The SMILES string of the molecule is CN(C)C(=O)c1ncn2c1CCC(C(=O)N1CCCCC1)C2. The van der Waals surface area contributed by atoms with Gasteiger partial charge in [-0.3, -0.25) is 9.59 Å². The molecule has 22 heavy (non-hydrogen) atoms. The van der Waals surface area contributed by atoms with Gasteiger partial charge in [-0.25, -0.2) is 4.98 Å². The topological polar surface area (TPSA) is 58.4 Å². The highest BCUT2D eigenvalue weighted by Crippen LogP contribution is 2.25. The Kier molecular flexibility index (Phi) is 4.18. The Morgan fingerprint density at radius 3 is 2.64 bits per heavy atom. The van der Waals surface area contributed by atoms with Crippen molar-refractivity contribution < 1.29 is 9.59 Å². The highest BCUT2D eigenvalue weighted by atomic mass is 16.2. The van der Waals surface area contributed by atoms with Crippen LogP contribution in [0.1, 0.15) is 41.9 Å². The number of likely N-dealkylation sites (tertiary alicyclic amines) is 1. The van der Waals surface area contributed by atoms with Crippen molar-refractivity contribution in [2.45, 2.75) is 38.6 Å². The molecule has 1 fully saturated rings. The Morgan fingerprint density at radius 1 is 1.23 bits per heavy atom. The van der Waals surface area contributed by atoms with E-state index in [9.17, 15) is 9.59 Å². The van der Waals surface area contributed by atoms with Gasteiger partial charge >= 0.3 is 0 Å². The van der Waals surface area contributed by atoms with E-state index in [1.807, 2.05) is 9.47 Å². The van der Waals surface area contributed by atoms with Gasteiger partial charge in [0, 0.05) is 33.7 Å². The van der Waals surface area contributed by atoms with Crippen molar-refractivity contribution in [3.05, 3.63) is 17.7 Å². The minimum absolute atomic E-state index is 0.0297. The number of nitrogens with zero attached hydrogens (tertiary/aromatic N) is 4. The molecule has 1 unspecified atom stereocenters. The van der Waals surface area contributed by atoms with Gasteiger partial charge in [-0.2, -0.15) is 0 Å². The summed E-state index contributed by atoms with van der Waals surface area (Å²) in [5.41, 5.74) is 1.51. The third-order valence-electron chi connectivity index (χ3n) is 4.72. The third kappa shape index (κ3) is 2.74.